The molecule has 0 spiro atoms. The Morgan fingerprint density at radius 1 is 1.56 bits per heavy atom. The molecule has 2 N–H and O–H groups in total. The zero-order valence-electron chi connectivity index (χ0n) is 4.98. The second-order valence-corrected chi connectivity index (χ2v) is 2.04. The molecule has 2 heterocycles. The van der Waals surface area contributed by atoms with Crippen LogP contribution in [0.2, 0.25) is 0 Å². The van der Waals surface area contributed by atoms with Crippen molar-refractivity contribution < 1.29 is 4.42 Å². The molecule has 0 saturated heterocycles. The van der Waals surface area contributed by atoms with Gasteiger partial charge in [0.15, 0.2) is 0 Å². The van der Waals surface area contributed by atoms with Crippen molar-refractivity contribution in [2.45, 2.75) is 6.54 Å². The van der Waals surface area contributed by atoms with Gasteiger partial charge in [-0.15, -0.1) is 0 Å². The molecule has 48 valence electrons. The first-order chi connectivity index (χ1) is 4.47. The molecular weight excluding hydrogens is 116 g/mol. The van der Waals surface area contributed by atoms with Crippen LogP contribution in [-0.2, 0) is 6.54 Å². The Labute approximate surface area is 53.0 Å². The molecule has 0 atom stereocenters. The van der Waals surface area contributed by atoms with Crippen LogP contribution in [0.25, 0.3) is 0 Å². The van der Waals surface area contributed by atoms with E-state index in [0.717, 1.165) is 24.7 Å². The second kappa shape index (κ2) is 1.77. The molecule has 1 aliphatic heterocycles. The van der Waals surface area contributed by atoms with Gasteiger partial charge in [-0.25, -0.2) is 0 Å². The van der Waals surface area contributed by atoms with Gasteiger partial charge in [-0.3, -0.25) is 5.32 Å². The normalized spacial score (nSPS) is 16.4. The van der Waals surface area contributed by atoms with E-state index in [2.05, 4.69) is 10.6 Å². The lowest BCUT2D eigenvalue weighted by atomic mass is 10.3. The van der Waals surface area contributed by atoms with Gasteiger partial charge in [-0.1, -0.05) is 0 Å². The van der Waals surface area contributed by atoms with Gasteiger partial charge in [-0.2, -0.15) is 0 Å². The van der Waals surface area contributed by atoms with Crippen LogP contribution in [0.5, 0.6) is 0 Å². The second-order valence-electron chi connectivity index (χ2n) is 2.04. The molecule has 0 bridgehead atoms. The van der Waals surface area contributed by atoms with Crippen LogP contribution in [-0.4, -0.2) is 6.67 Å². The van der Waals surface area contributed by atoms with E-state index in [1.54, 1.807) is 6.26 Å². The Balaban J connectivity index is 2.39. The maximum absolute atomic E-state index is 5.13. The summed E-state index contributed by atoms with van der Waals surface area (Å²) in [4.78, 5) is 0. The average molecular weight is 124 g/mol. The van der Waals surface area contributed by atoms with E-state index < -0.39 is 0 Å². The Bertz CT molecular complexity index is 186. The first kappa shape index (κ1) is 4.88. The van der Waals surface area contributed by atoms with Crippen LogP contribution in [0.3, 0.4) is 0 Å². The summed E-state index contributed by atoms with van der Waals surface area (Å²) < 4.78 is 5.13. The predicted molar refractivity (Wildman–Crippen MR) is 34.0 cm³/mol. The summed E-state index contributed by atoms with van der Waals surface area (Å²) in [5.74, 6) is 1.00. The standard InChI is InChI=1S/C6H8N2O/c1-2-9-6-3-7-4-8-5(1)6/h1-2,7-8H,3-4H2. The maximum Gasteiger partial charge on any atom is 0.140 e. The van der Waals surface area contributed by atoms with Gasteiger partial charge >= 0.3 is 0 Å². The van der Waals surface area contributed by atoms with E-state index >= 15 is 0 Å². The molecule has 0 aliphatic carbocycles. The first-order valence-electron chi connectivity index (χ1n) is 2.98. The van der Waals surface area contributed by atoms with Crippen molar-refractivity contribution in [1.29, 1.82) is 0 Å². The Kier molecular flexibility index (Phi) is 0.960. The summed E-state index contributed by atoms with van der Waals surface area (Å²) in [6, 6.07) is 1.94. The average Bonchev–Trinajstić information content (AvgIpc) is 2.33. The number of anilines is 1. The van der Waals surface area contributed by atoms with E-state index in [1.165, 1.54) is 0 Å². The molecule has 3 nitrogen and oxygen atoms in total. The molecule has 9 heavy (non-hydrogen) atoms. The zero-order chi connectivity index (χ0) is 6.10. The van der Waals surface area contributed by atoms with Gasteiger partial charge in [0, 0.05) is 0 Å². The molecule has 0 saturated carbocycles. The smallest absolute Gasteiger partial charge is 0.140 e. The van der Waals surface area contributed by atoms with Crippen LogP contribution >= 0.6 is 0 Å². The van der Waals surface area contributed by atoms with Gasteiger partial charge in [0.1, 0.15) is 5.76 Å². The van der Waals surface area contributed by atoms with Crippen molar-refractivity contribution in [3.05, 3.63) is 18.1 Å². The molecule has 1 aromatic rings. The van der Waals surface area contributed by atoms with Crippen molar-refractivity contribution in [3.8, 4) is 0 Å². The first-order valence-corrected chi connectivity index (χ1v) is 2.98. The van der Waals surface area contributed by atoms with Crippen molar-refractivity contribution in [2.75, 3.05) is 12.0 Å². The molecule has 0 fully saturated rings. The third kappa shape index (κ3) is 0.695. The minimum atomic E-state index is 0.840. The van der Waals surface area contributed by atoms with Gasteiger partial charge in [0.05, 0.1) is 25.2 Å². The molecular formula is C6H8N2O. The third-order valence-corrected chi connectivity index (χ3v) is 1.43. The number of furan rings is 1. The Hall–Kier alpha value is -0.960. The Morgan fingerprint density at radius 2 is 2.56 bits per heavy atom. The monoisotopic (exact) mass is 124 g/mol. The summed E-state index contributed by atoms with van der Waals surface area (Å²) in [7, 11) is 0. The summed E-state index contributed by atoms with van der Waals surface area (Å²) in [6.45, 7) is 1.68. The quantitative estimate of drug-likeness (QED) is 0.536. The molecule has 3 heteroatoms. The van der Waals surface area contributed by atoms with Crippen LogP contribution in [0.15, 0.2) is 16.7 Å². The third-order valence-electron chi connectivity index (χ3n) is 1.43. The van der Waals surface area contributed by atoms with E-state index in [9.17, 15) is 0 Å². The summed E-state index contributed by atoms with van der Waals surface area (Å²) >= 11 is 0. The van der Waals surface area contributed by atoms with E-state index in [-0.39, 0.29) is 0 Å². The van der Waals surface area contributed by atoms with Crippen LogP contribution < -0.4 is 10.6 Å². The maximum atomic E-state index is 5.13. The highest BCUT2D eigenvalue weighted by atomic mass is 16.3. The number of rotatable bonds is 0. The predicted octanol–water partition coefficient (Wildman–Crippen LogP) is 0.752. The summed E-state index contributed by atoms with van der Waals surface area (Å²) in [5.41, 5.74) is 1.12. The number of nitrogens with one attached hydrogen (secondary N) is 2. The molecule has 1 aromatic heterocycles. The topological polar surface area (TPSA) is 37.2 Å². The fourth-order valence-electron chi connectivity index (χ4n) is 0.969. The minimum absolute atomic E-state index is 0.840. The Morgan fingerprint density at radius 3 is 3.44 bits per heavy atom. The summed E-state index contributed by atoms with van der Waals surface area (Å²) in [5, 5.41) is 6.26. The van der Waals surface area contributed by atoms with Gasteiger partial charge < -0.3 is 9.73 Å². The van der Waals surface area contributed by atoms with Crippen molar-refractivity contribution in [1.82, 2.24) is 5.32 Å². The highest BCUT2D eigenvalue weighted by Gasteiger charge is 2.08. The van der Waals surface area contributed by atoms with Crippen LogP contribution in [0.1, 0.15) is 5.76 Å². The fourth-order valence-corrected chi connectivity index (χ4v) is 0.969. The van der Waals surface area contributed by atoms with Gasteiger partial charge in [0.2, 0.25) is 0 Å². The minimum Gasteiger partial charge on any atom is -0.466 e. The lowest BCUT2D eigenvalue weighted by Crippen LogP contribution is -2.26. The largest absolute Gasteiger partial charge is 0.466 e. The van der Waals surface area contributed by atoms with Crippen LogP contribution in [0, 0.1) is 0 Å². The van der Waals surface area contributed by atoms with Crippen LogP contribution in [0.4, 0.5) is 5.69 Å². The summed E-state index contributed by atoms with van der Waals surface area (Å²) in [6.07, 6.45) is 1.70. The fraction of sp³-hybridized carbons (Fsp3) is 0.333. The van der Waals surface area contributed by atoms with Crippen molar-refractivity contribution in [2.24, 2.45) is 0 Å². The van der Waals surface area contributed by atoms with E-state index in [4.69, 9.17) is 4.42 Å². The lowest BCUT2D eigenvalue weighted by Gasteiger charge is -2.12. The van der Waals surface area contributed by atoms with Gasteiger partial charge in [-0.05, 0) is 6.07 Å². The molecule has 0 aromatic carbocycles. The number of hydrogen-bond acceptors (Lipinski definition) is 3. The highest BCUT2D eigenvalue weighted by Crippen LogP contribution is 2.17. The number of fused-ring (bicyclic) bond motifs is 1. The van der Waals surface area contributed by atoms with E-state index in [1.807, 2.05) is 6.07 Å². The molecule has 1 aliphatic rings. The highest BCUT2D eigenvalue weighted by molar-refractivity contribution is 5.47. The van der Waals surface area contributed by atoms with Crippen molar-refractivity contribution >= 4 is 5.69 Å². The lowest BCUT2D eigenvalue weighted by molar-refractivity contribution is 0.481. The van der Waals surface area contributed by atoms with Crippen molar-refractivity contribution in [3.63, 3.8) is 0 Å². The molecule has 0 amide bonds. The molecule has 0 radical (unpaired) electrons. The number of hydrogen-bond donors (Lipinski definition) is 2. The van der Waals surface area contributed by atoms with Gasteiger partial charge in [0.25, 0.3) is 0 Å². The van der Waals surface area contributed by atoms with E-state index in [0.29, 0.717) is 0 Å². The SMILES string of the molecule is c1cc2c(o1)CNCN2. The molecule has 0 unspecified atom stereocenters. The zero-order valence-corrected chi connectivity index (χ0v) is 4.98. The molecule has 2 rings (SSSR count).